The molecule has 0 aliphatic heterocycles. The molecule has 1 heterocycles. The Balaban J connectivity index is 2.04. The minimum atomic E-state index is -0.447. The normalized spacial score (nSPS) is 10.3. The van der Waals surface area contributed by atoms with Gasteiger partial charge in [-0.25, -0.2) is 14.4 Å². The molecule has 0 saturated heterocycles. The summed E-state index contributed by atoms with van der Waals surface area (Å²) in [6, 6.07) is 7.16. The number of amides is 1. The molecule has 6 heteroatoms. The molecule has 1 aromatic carbocycles. The van der Waals surface area contributed by atoms with Gasteiger partial charge in [-0.1, -0.05) is 12.1 Å². The summed E-state index contributed by atoms with van der Waals surface area (Å²) < 4.78 is 13.7. The fourth-order valence-electron chi connectivity index (χ4n) is 1.79. The van der Waals surface area contributed by atoms with Gasteiger partial charge in [0, 0.05) is 26.2 Å². The molecular weight excluding hydrogens is 271 g/mol. The molecule has 0 bridgehead atoms. The summed E-state index contributed by atoms with van der Waals surface area (Å²) in [6.07, 6.45) is 1.32. The first-order valence-corrected chi connectivity index (χ1v) is 6.50. The van der Waals surface area contributed by atoms with Gasteiger partial charge in [0.2, 0.25) is 0 Å². The Hall–Kier alpha value is -2.50. The molecule has 21 heavy (non-hydrogen) atoms. The van der Waals surface area contributed by atoms with Gasteiger partial charge in [-0.05, 0) is 24.6 Å². The van der Waals surface area contributed by atoms with Crippen molar-refractivity contribution in [3.8, 4) is 0 Å². The van der Waals surface area contributed by atoms with Gasteiger partial charge in [-0.3, -0.25) is 4.79 Å². The van der Waals surface area contributed by atoms with Crippen LogP contribution < -0.4 is 5.32 Å². The van der Waals surface area contributed by atoms with Crippen LogP contribution in [-0.4, -0.2) is 34.9 Å². The molecule has 2 rings (SSSR count). The molecule has 2 aromatic rings. The van der Waals surface area contributed by atoms with Crippen LogP contribution in [0.1, 0.15) is 21.6 Å². The summed E-state index contributed by atoms with van der Waals surface area (Å²) in [6.45, 7) is 2.01. The van der Waals surface area contributed by atoms with Crippen molar-refractivity contribution in [2.45, 2.75) is 13.5 Å². The Morgan fingerprint density at radius 1 is 1.24 bits per heavy atom. The van der Waals surface area contributed by atoms with Gasteiger partial charge in [0.25, 0.3) is 5.91 Å². The van der Waals surface area contributed by atoms with Crippen LogP contribution in [0, 0.1) is 12.7 Å². The summed E-state index contributed by atoms with van der Waals surface area (Å²) in [4.78, 5) is 20.9. The summed E-state index contributed by atoms with van der Waals surface area (Å²) in [5.41, 5.74) is 1.85. The largest absolute Gasteiger partial charge is 0.363 e. The molecule has 1 N–H and O–H groups in total. The van der Waals surface area contributed by atoms with Crippen LogP contribution in [-0.2, 0) is 6.54 Å². The van der Waals surface area contributed by atoms with Crippen molar-refractivity contribution in [1.82, 2.24) is 14.9 Å². The maximum Gasteiger partial charge on any atom is 0.253 e. The third-order valence-electron chi connectivity index (χ3n) is 3.03. The quantitative estimate of drug-likeness (QED) is 0.937. The zero-order valence-corrected chi connectivity index (χ0v) is 12.2. The van der Waals surface area contributed by atoms with Crippen LogP contribution in [0.15, 0.2) is 30.6 Å². The lowest BCUT2D eigenvalue weighted by Gasteiger charge is -2.11. The van der Waals surface area contributed by atoms with Gasteiger partial charge in [-0.15, -0.1) is 0 Å². The molecule has 0 unspecified atom stereocenters. The van der Waals surface area contributed by atoms with Crippen molar-refractivity contribution >= 4 is 11.7 Å². The Morgan fingerprint density at radius 2 is 1.90 bits per heavy atom. The predicted octanol–water partition coefficient (Wildman–Crippen LogP) is 2.24. The number of nitrogens with zero attached hydrogens (tertiary/aromatic N) is 3. The van der Waals surface area contributed by atoms with Crippen molar-refractivity contribution in [2.24, 2.45) is 0 Å². The lowest BCUT2D eigenvalue weighted by atomic mass is 10.1. The zero-order valence-electron chi connectivity index (χ0n) is 12.2. The number of aromatic nitrogens is 2. The van der Waals surface area contributed by atoms with Crippen LogP contribution >= 0.6 is 0 Å². The van der Waals surface area contributed by atoms with E-state index in [1.54, 1.807) is 33.2 Å². The van der Waals surface area contributed by atoms with Crippen LogP contribution in [0.5, 0.6) is 0 Å². The first kappa shape index (κ1) is 14.9. The number of carbonyl (C=O) groups is 1. The number of hydrogen-bond donors (Lipinski definition) is 1. The second kappa shape index (κ2) is 6.30. The maximum atomic E-state index is 13.7. The van der Waals surface area contributed by atoms with Crippen molar-refractivity contribution in [3.05, 3.63) is 53.2 Å². The zero-order chi connectivity index (χ0) is 15.4. The van der Waals surface area contributed by atoms with Gasteiger partial charge in [0.05, 0.1) is 5.69 Å². The lowest BCUT2D eigenvalue weighted by Crippen LogP contribution is -2.21. The summed E-state index contributed by atoms with van der Waals surface area (Å²) in [5, 5.41) is 2.92. The van der Waals surface area contributed by atoms with Gasteiger partial charge in [0.1, 0.15) is 6.33 Å². The molecule has 0 atom stereocenters. The highest BCUT2D eigenvalue weighted by Crippen LogP contribution is 2.13. The van der Waals surface area contributed by atoms with Crippen LogP contribution in [0.4, 0.5) is 10.2 Å². The van der Waals surface area contributed by atoms with E-state index in [9.17, 15) is 9.18 Å². The number of halogens is 1. The molecule has 0 spiro atoms. The number of hydrogen-bond acceptors (Lipinski definition) is 4. The summed E-state index contributed by atoms with van der Waals surface area (Å²) >= 11 is 0. The average molecular weight is 288 g/mol. The molecule has 110 valence electrons. The van der Waals surface area contributed by atoms with Crippen molar-refractivity contribution < 1.29 is 9.18 Å². The number of anilines is 1. The van der Waals surface area contributed by atoms with E-state index in [-0.39, 0.29) is 11.7 Å². The highest BCUT2D eigenvalue weighted by Gasteiger charge is 2.09. The van der Waals surface area contributed by atoms with E-state index < -0.39 is 5.82 Å². The number of benzene rings is 1. The molecule has 0 radical (unpaired) electrons. The molecule has 0 saturated carbocycles. The second-order valence-corrected chi connectivity index (χ2v) is 4.87. The second-order valence-electron chi connectivity index (χ2n) is 4.87. The first-order chi connectivity index (χ1) is 9.99. The van der Waals surface area contributed by atoms with Gasteiger partial charge in [0.15, 0.2) is 11.6 Å². The van der Waals surface area contributed by atoms with E-state index in [0.29, 0.717) is 17.8 Å². The Morgan fingerprint density at radius 3 is 2.52 bits per heavy atom. The molecule has 0 aliphatic rings. The van der Waals surface area contributed by atoms with Crippen molar-refractivity contribution in [1.29, 1.82) is 0 Å². The molecule has 1 amide bonds. The minimum absolute atomic E-state index is 0.0491. The maximum absolute atomic E-state index is 13.7. The standard InChI is InChI=1S/C15H17FN4O/c1-10-13(16)14(19-9-18-10)17-8-11-4-6-12(7-5-11)15(21)20(2)3/h4-7,9H,8H2,1-3H3,(H,17,18,19). The third kappa shape index (κ3) is 3.53. The monoisotopic (exact) mass is 288 g/mol. The molecular formula is C15H17FN4O. The highest BCUT2D eigenvalue weighted by molar-refractivity contribution is 5.93. The minimum Gasteiger partial charge on any atom is -0.363 e. The van der Waals surface area contributed by atoms with Crippen LogP contribution in [0.3, 0.4) is 0 Å². The third-order valence-corrected chi connectivity index (χ3v) is 3.03. The predicted molar refractivity (Wildman–Crippen MR) is 78.5 cm³/mol. The number of nitrogens with one attached hydrogen (secondary N) is 1. The number of carbonyl (C=O) groups excluding carboxylic acids is 1. The Bertz CT molecular complexity index is 641. The molecule has 0 fully saturated rings. The van der Waals surface area contributed by atoms with E-state index in [1.165, 1.54) is 11.2 Å². The van der Waals surface area contributed by atoms with Gasteiger partial charge in [-0.2, -0.15) is 0 Å². The van der Waals surface area contributed by atoms with Gasteiger partial charge >= 0.3 is 0 Å². The lowest BCUT2D eigenvalue weighted by molar-refractivity contribution is 0.0827. The van der Waals surface area contributed by atoms with E-state index in [1.807, 2.05) is 12.1 Å². The summed E-state index contributed by atoms with van der Waals surface area (Å²) in [5.74, 6) is -0.320. The fourth-order valence-corrected chi connectivity index (χ4v) is 1.79. The van der Waals surface area contributed by atoms with E-state index >= 15 is 0 Å². The van der Waals surface area contributed by atoms with Crippen LogP contribution in [0.2, 0.25) is 0 Å². The number of rotatable bonds is 4. The highest BCUT2D eigenvalue weighted by atomic mass is 19.1. The van der Waals surface area contributed by atoms with E-state index in [2.05, 4.69) is 15.3 Å². The SMILES string of the molecule is Cc1ncnc(NCc2ccc(C(=O)N(C)C)cc2)c1F. The topological polar surface area (TPSA) is 58.1 Å². The first-order valence-electron chi connectivity index (χ1n) is 6.50. The molecule has 0 aliphatic carbocycles. The Kier molecular flexibility index (Phi) is 4.47. The van der Waals surface area contributed by atoms with Crippen molar-refractivity contribution in [3.63, 3.8) is 0 Å². The number of aryl methyl sites for hydroxylation is 1. The van der Waals surface area contributed by atoms with Crippen LogP contribution in [0.25, 0.3) is 0 Å². The molecule has 5 nitrogen and oxygen atoms in total. The summed E-state index contributed by atoms with van der Waals surface area (Å²) in [7, 11) is 3.41. The van der Waals surface area contributed by atoms with E-state index in [0.717, 1.165) is 5.56 Å². The van der Waals surface area contributed by atoms with Gasteiger partial charge < -0.3 is 10.2 Å². The van der Waals surface area contributed by atoms with Crippen molar-refractivity contribution in [2.75, 3.05) is 19.4 Å². The smallest absolute Gasteiger partial charge is 0.253 e. The Labute approximate surface area is 122 Å². The average Bonchev–Trinajstić information content (AvgIpc) is 2.48. The van der Waals surface area contributed by atoms with E-state index in [4.69, 9.17) is 0 Å². The fraction of sp³-hybridized carbons (Fsp3) is 0.267. The molecule has 1 aromatic heterocycles.